The van der Waals surface area contributed by atoms with Gasteiger partial charge in [0.1, 0.15) is 18.0 Å². The topological polar surface area (TPSA) is 122 Å². The summed E-state index contributed by atoms with van der Waals surface area (Å²) < 4.78 is 0. The molecular formula is C33H34N4O6. The highest BCUT2D eigenvalue weighted by Crippen LogP contribution is 2.30. The Balaban J connectivity index is 1.50. The van der Waals surface area contributed by atoms with E-state index in [-0.39, 0.29) is 68.1 Å². The first-order valence-electron chi connectivity index (χ1n) is 14.2. The van der Waals surface area contributed by atoms with Gasteiger partial charge in [-0.1, -0.05) is 60.7 Å². The van der Waals surface area contributed by atoms with Crippen LogP contribution in [-0.2, 0) is 33.8 Å². The molecule has 10 nitrogen and oxygen atoms in total. The summed E-state index contributed by atoms with van der Waals surface area (Å²) >= 11 is 0. The number of hydrazine groups is 1. The Morgan fingerprint density at radius 2 is 1.65 bits per heavy atom. The molecule has 2 N–H and O–H groups in total. The van der Waals surface area contributed by atoms with Crippen molar-refractivity contribution >= 4 is 23.7 Å². The summed E-state index contributed by atoms with van der Waals surface area (Å²) in [7, 11) is 0. The highest BCUT2D eigenvalue weighted by atomic mass is 16.4. The van der Waals surface area contributed by atoms with Crippen LogP contribution in [0, 0.1) is 0 Å². The molecule has 3 aromatic rings. The van der Waals surface area contributed by atoms with Crippen LogP contribution >= 0.6 is 0 Å². The van der Waals surface area contributed by atoms with Crippen molar-refractivity contribution in [2.45, 2.75) is 38.0 Å². The second-order valence-electron chi connectivity index (χ2n) is 10.8. The lowest BCUT2D eigenvalue weighted by Gasteiger charge is -2.55. The lowest BCUT2D eigenvalue weighted by atomic mass is 9.98. The highest BCUT2D eigenvalue weighted by Gasteiger charge is 2.50. The van der Waals surface area contributed by atoms with Gasteiger partial charge in [-0.3, -0.25) is 14.4 Å². The van der Waals surface area contributed by atoms with E-state index in [0.29, 0.717) is 12.0 Å². The summed E-state index contributed by atoms with van der Waals surface area (Å²) in [4.78, 5) is 56.3. The summed E-state index contributed by atoms with van der Waals surface area (Å²) in [5, 5.41) is 22.5. The van der Waals surface area contributed by atoms with Crippen LogP contribution in [0.1, 0.15) is 33.5 Å². The molecule has 2 aliphatic rings. The molecule has 2 fully saturated rings. The number of amides is 3. The quantitative estimate of drug-likeness (QED) is 0.353. The number of rotatable bonds is 10. The largest absolute Gasteiger partial charge is 0.508 e. The lowest BCUT2D eigenvalue weighted by Crippen LogP contribution is -2.75. The number of aryl methyl sites for hydroxylation is 1. The number of benzene rings is 3. The first-order valence-corrected chi connectivity index (χ1v) is 14.2. The molecule has 5 rings (SSSR count). The highest BCUT2D eigenvalue weighted by molar-refractivity contribution is 5.92. The fourth-order valence-electron chi connectivity index (χ4n) is 5.79. The summed E-state index contributed by atoms with van der Waals surface area (Å²) in [6.07, 6.45) is 1.76. The van der Waals surface area contributed by atoms with E-state index in [1.807, 2.05) is 30.3 Å². The minimum absolute atomic E-state index is 0.0542. The van der Waals surface area contributed by atoms with Gasteiger partial charge in [-0.05, 0) is 47.4 Å². The summed E-state index contributed by atoms with van der Waals surface area (Å²) in [5.74, 6) is -1.74. The van der Waals surface area contributed by atoms with E-state index in [1.54, 1.807) is 45.3 Å². The summed E-state index contributed by atoms with van der Waals surface area (Å²) in [6, 6.07) is 21.6. The van der Waals surface area contributed by atoms with Crippen LogP contribution in [-0.4, -0.2) is 85.6 Å². The average molecular weight is 583 g/mol. The molecule has 10 heteroatoms. The van der Waals surface area contributed by atoms with E-state index >= 15 is 0 Å². The smallest absolute Gasteiger partial charge is 0.335 e. The number of carboxylic acid groups (broad SMARTS) is 1. The molecule has 0 saturated carbocycles. The molecule has 0 radical (unpaired) electrons. The van der Waals surface area contributed by atoms with E-state index in [0.717, 1.165) is 11.1 Å². The van der Waals surface area contributed by atoms with Gasteiger partial charge in [0, 0.05) is 25.9 Å². The number of hydrogen-bond donors (Lipinski definition) is 2. The van der Waals surface area contributed by atoms with Crippen LogP contribution in [0.5, 0.6) is 5.75 Å². The third-order valence-electron chi connectivity index (χ3n) is 7.81. The van der Waals surface area contributed by atoms with Gasteiger partial charge in [-0.15, -0.1) is 6.58 Å². The molecule has 2 heterocycles. The van der Waals surface area contributed by atoms with Crippen molar-refractivity contribution < 1.29 is 29.4 Å². The fourth-order valence-corrected chi connectivity index (χ4v) is 5.79. The van der Waals surface area contributed by atoms with Gasteiger partial charge in [-0.25, -0.2) is 14.8 Å². The molecule has 2 aliphatic heterocycles. The zero-order chi connectivity index (χ0) is 30.5. The Bertz CT molecular complexity index is 1510. The normalized spacial score (nSPS) is 18.8. The molecule has 0 bridgehead atoms. The number of carbonyl (C=O) groups excluding carboxylic acids is 3. The SMILES string of the molecule is C=CCN1CC(=O)N2[C@@H](Cc3ccc(O)cc3)C(=O)N(Cc3cccc(C(=O)O)c3)C[C@@H]2N1C(=O)CCc1ccccc1. The van der Waals surface area contributed by atoms with Crippen LogP contribution in [0.2, 0.25) is 0 Å². The second kappa shape index (κ2) is 12.9. The van der Waals surface area contributed by atoms with Crippen molar-refractivity contribution in [3.63, 3.8) is 0 Å². The molecule has 3 aromatic carbocycles. The van der Waals surface area contributed by atoms with Crippen LogP contribution in [0.15, 0.2) is 91.5 Å². The first-order chi connectivity index (χ1) is 20.7. The molecule has 0 aliphatic carbocycles. The molecular weight excluding hydrogens is 548 g/mol. The van der Waals surface area contributed by atoms with Crippen molar-refractivity contribution in [2.24, 2.45) is 0 Å². The number of aromatic carboxylic acids is 1. The van der Waals surface area contributed by atoms with Gasteiger partial charge in [0.05, 0.1) is 18.7 Å². The maximum atomic E-state index is 14.0. The van der Waals surface area contributed by atoms with Crippen LogP contribution < -0.4 is 0 Å². The average Bonchev–Trinajstić information content (AvgIpc) is 3.00. The number of phenolic OH excluding ortho intramolecular Hbond substituents is 1. The number of carbonyl (C=O) groups is 4. The third-order valence-corrected chi connectivity index (χ3v) is 7.81. The van der Waals surface area contributed by atoms with Crippen molar-refractivity contribution in [3.8, 4) is 5.75 Å². The van der Waals surface area contributed by atoms with Crippen molar-refractivity contribution in [1.82, 2.24) is 19.8 Å². The van der Waals surface area contributed by atoms with E-state index in [1.165, 1.54) is 29.2 Å². The molecule has 0 unspecified atom stereocenters. The van der Waals surface area contributed by atoms with Gasteiger partial charge in [-0.2, -0.15) is 0 Å². The number of fused-ring (bicyclic) bond motifs is 1. The Morgan fingerprint density at radius 3 is 2.35 bits per heavy atom. The fraction of sp³-hybridized carbons (Fsp3) is 0.273. The number of hydrogen-bond acceptors (Lipinski definition) is 6. The molecule has 3 amide bonds. The van der Waals surface area contributed by atoms with Crippen molar-refractivity contribution in [2.75, 3.05) is 19.6 Å². The number of phenols is 1. The maximum Gasteiger partial charge on any atom is 0.335 e. The summed E-state index contributed by atoms with van der Waals surface area (Å²) in [5.41, 5.74) is 2.48. The zero-order valence-electron chi connectivity index (χ0n) is 23.7. The van der Waals surface area contributed by atoms with Gasteiger partial charge >= 0.3 is 5.97 Å². The Kier molecular flexibility index (Phi) is 8.87. The Labute approximate surface area is 250 Å². The van der Waals surface area contributed by atoms with Gasteiger partial charge in [0.2, 0.25) is 17.7 Å². The summed E-state index contributed by atoms with van der Waals surface area (Å²) in [6.45, 7) is 4.16. The van der Waals surface area contributed by atoms with Gasteiger partial charge in [0.25, 0.3) is 0 Å². The minimum atomic E-state index is -1.07. The number of piperazine rings is 1. The molecule has 43 heavy (non-hydrogen) atoms. The Morgan fingerprint density at radius 1 is 0.930 bits per heavy atom. The van der Waals surface area contributed by atoms with Crippen molar-refractivity contribution in [3.05, 3.63) is 114 Å². The van der Waals surface area contributed by atoms with E-state index in [2.05, 4.69) is 6.58 Å². The second-order valence-corrected chi connectivity index (χ2v) is 10.8. The third kappa shape index (κ3) is 6.60. The van der Waals surface area contributed by atoms with E-state index in [9.17, 15) is 29.4 Å². The van der Waals surface area contributed by atoms with Gasteiger partial charge < -0.3 is 20.0 Å². The maximum absolute atomic E-state index is 14.0. The molecule has 222 valence electrons. The number of carboxylic acids is 1. The predicted molar refractivity (Wildman–Crippen MR) is 158 cm³/mol. The minimum Gasteiger partial charge on any atom is -0.508 e. The van der Waals surface area contributed by atoms with Crippen molar-refractivity contribution in [1.29, 1.82) is 0 Å². The molecule has 0 spiro atoms. The van der Waals surface area contributed by atoms with Gasteiger partial charge in [0.15, 0.2) is 0 Å². The monoisotopic (exact) mass is 582 g/mol. The van der Waals surface area contributed by atoms with Crippen LogP contribution in [0.4, 0.5) is 0 Å². The van der Waals surface area contributed by atoms with E-state index in [4.69, 9.17) is 0 Å². The number of aromatic hydroxyl groups is 1. The van der Waals surface area contributed by atoms with Crippen LogP contribution in [0.25, 0.3) is 0 Å². The Hall–Kier alpha value is -4.96. The van der Waals surface area contributed by atoms with E-state index < -0.39 is 18.2 Å². The number of nitrogens with zero attached hydrogens (tertiary/aromatic N) is 4. The molecule has 2 atom stereocenters. The zero-order valence-corrected chi connectivity index (χ0v) is 23.7. The first kappa shape index (κ1) is 29.5. The predicted octanol–water partition coefficient (Wildman–Crippen LogP) is 3.08. The molecule has 2 saturated heterocycles. The van der Waals surface area contributed by atoms with Crippen LogP contribution in [0.3, 0.4) is 0 Å². The standard InChI is InChI=1S/C33H34N4O6/c1-2-17-35-22-31(40)36-28(19-24-11-14-27(38)15-12-24)32(41)34(20-25-9-6-10-26(18-25)33(42)43)21-29(36)37(35)30(39)16-13-23-7-4-3-5-8-23/h2-12,14-15,18,28-29,38H,1,13,16-17,19-22H2,(H,42,43)/t28-,29-/m0/s1. The molecule has 0 aromatic heterocycles. The lowest BCUT2D eigenvalue weighted by molar-refractivity contribution is -0.205.